The number of carbonyl (C=O) groups excluding carboxylic acids is 1. The lowest BCUT2D eigenvalue weighted by Crippen LogP contribution is -2.12. The molecule has 2 aromatic rings. The van der Waals surface area contributed by atoms with Crippen LogP contribution in [0.5, 0.6) is 5.75 Å². The van der Waals surface area contributed by atoms with Crippen molar-refractivity contribution in [3.63, 3.8) is 0 Å². The fourth-order valence-electron chi connectivity index (χ4n) is 1.56. The standard InChI is InChI=1S/C15H12F2O2/c1-10-5-7-11(8-6-10)13(18)9-19-14-4-2-3-12(16)15(14)17/h2-8H,9H2,1H3. The number of benzene rings is 2. The molecule has 0 saturated carbocycles. The van der Waals surface area contributed by atoms with Crippen molar-refractivity contribution >= 4 is 5.78 Å². The van der Waals surface area contributed by atoms with Gasteiger partial charge in [0, 0.05) is 5.56 Å². The fourth-order valence-corrected chi connectivity index (χ4v) is 1.56. The molecule has 0 amide bonds. The molecule has 4 heteroatoms. The maximum atomic E-state index is 13.3. The van der Waals surface area contributed by atoms with E-state index in [1.165, 1.54) is 12.1 Å². The van der Waals surface area contributed by atoms with Crippen LogP contribution >= 0.6 is 0 Å². The number of ketones is 1. The number of hydrogen-bond donors (Lipinski definition) is 0. The molecule has 0 fully saturated rings. The number of ether oxygens (including phenoxy) is 1. The molecule has 2 rings (SSSR count). The van der Waals surface area contributed by atoms with Crippen LogP contribution in [0.25, 0.3) is 0 Å². The minimum atomic E-state index is -1.08. The zero-order valence-corrected chi connectivity index (χ0v) is 10.3. The van der Waals surface area contributed by atoms with E-state index in [0.29, 0.717) is 5.56 Å². The summed E-state index contributed by atoms with van der Waals surface area (Å²) in [6.07, 6.45) is 0. The van der Waals surface area contributed by atoms with Gasteiger partial charge in [-0.15, -0.1) is 0 Å². The summed E-state index contributed by atoms with van der Waals surface area (Å²) in [7, 11) is 0. The number of hydrogen-bond acceptors (Lipinski definition) is 2. The molecule has 0 aromatic heterocycles. The minimum Gasteiger partial charge on any atom is -0.482 e. The molecule has 0 radical (unpaired) electrons. The quantitative estimate of drug-likeness (QED) is 0.788. The van der Waals surface area contributed by atoms with Gasteiger partial charge in [-0.3, -0.25) is 4.79 Å². The molecule has 0 spiro atoms. The zero-order valence-electron chi connectivity index (χ0n) is 10.3. The molecule has 0 aliphatic carbocycles. The summed E-state index contributed by atoms with van der Waals surface area (Å²) < 4.78 is 31.2. The highest BCUT2D eigenvalue weighted by Gasteiger charge is 2.11. The first kappa shape index (κ1) is 13.2. The number of aryl methyl sites for hydroxylation is 1. The summed E-state index contributed by atoms with van der Waals surface area (Å²) in [6.45, 7) is 1.58. The summed E-state index contributed by atoms with van der Waals surface area (Å²) >= 11 is 0. The molecule has 19 heavy (non-hydrogen) atoms. The third-order valence-electron chi connectivity index (χ3n) is 2.65. The highest BCUT2D eigenvalue weighted by molar-refractivity contribution is 5.97. The normalized spacial score (nSPS) is 10.3. The third kappa shape index (κ3) is 3.16. The number of rotatable bonds is 4. The summed E-state index contributed by atoms with van der Waals surface area (Å²) in [5.74, 6) is -2.64. The third-order valence-corrected chi connectivity index (χ3v) is 2.65. The van der Waals surface area contributed by atoms with Gasteiger partial charge in [0.05, 0.1) is 0 Å². The van der Waals surface area contributed by atoms with Crippen molar-refractivity contribution in [1.29, 1.82) is 0 Å². The summed E-state index contributed by atoms with van der Waals surface area (Å²) in [4.78, 5) is 11.8. The summed E-state index contributed by atoms with van der Waals surface area (Å²) in [5, 5.41) is 0. The van der Waals surface area contributed by atoms with Crippen molar-refractivity contribution in [2.75, 3.05) is 6.61 Å². The molecule has 0 heterocycles. The first-order valence-corrected chi connectivity index (χ1v) is 5.74. The molecule has 2 aromatic carbocycles. The monoisotopic (exact) mass is 262 g/mol. The van der Waals surface area contributed by atoms with Gasteiger partial charge in [0.25, 0.3) is 0 Å². The zero-order chi connectivity index (χ0) is 13.8. The Kier molecular flexibility index (Phi) is 3.90. The van der Waals surface area contributed by atoms with E-state index in [0.717, 1.165) is 11.6 Å². The first-order chi connectivity index (χ1) is 9.08. The van der Waals surface area contributed by atoms with Crippen LogP contribution in [-0.4, -0.2) is 12.4 Å². The van der Waals surface area contributed by atoms with E-state index in [1.54, 1.807) is 24.3 Å². The molecular formula is C15H12F2O2. The molecule has 0 aliphatic heterocycles. The Morgan fingerprint density at radius 2 is 1.79 bits per heavy atom. The van der Waals surface area contributed by atoms with E-state index in [4.69, 9.17) is 4.74 Å². The van der Waals surface area contributed by atoms with E-state index in [-0.39, 0.29) is 18.1 Å². The number of Topliss-reactive ketones (excluding diaryl/α,β-unsaturated/α-hetero) is 1. The first-order valence-electron chi connectivity index (χ1n) is 5.74. The van der Waals surface area contributed by atoms with Crippen molar-refractivity contribution in [1.82, 2.24) is 0 Å². The Labute approximate surface area is 109 Å². The van der Waals surface area contributed by atoms with Gasteiger partial charge in [0.2, 0.25) is 5.82 Å². The lowest BCUT2D eigenvalue weighted by Gasteiger charge is -2.07. The van der Waals surface area contributed by atoms with E-state index in [1.807, 2.05) is 6.92 Å². The van der Waals surface area contributed by atoms with Crippen LogP contribution in [0.1, 0.15) is 15.9 Å². The largest absolute Gasteiger partial charge is 0.482 e. The average molecular weight is 262 g/mol. The molecule has 0 aliphatic rings. The Bertz CT molecular complexity index is 592. The van der Waals surface area contributed by atoms with E-state index < -0.39 is 11.6 Å². The number of carbonyl (C=O) groups is 1. The predicted molar refractivity (Wildman–Crippen MR) is 67.4 cm³/mol. The SMILES string of the molecule is Cc1ccc(C(=O)COc2cccc(F)c2F)cc1. The fraction of sp³-hybridized carbons (Fsp3) is 0.133. The second-order valence-electron chi connectivity index (χ2n) is 4.13. The van der Waals surface area contributed by atoms with Crippen molar-refractivity contribution in [2.24, 2.45) is 0 Å². The van der Waals surface area contributed by atoms with Crippen LogP contribution in [0.4, 0.5) is 8.78 Å². The van der Waals surface area contributed by atoms with Gasteiger partial charge in [-0.05, 0) is 19.1 Å². The molecular weight excluding hydrogens is 250 g/mol. The maximum Gasteiger partial charge on any atom is 0.200 e. The van der Waals surface area contributed by atoms with Gasteiger partial charge in [-0.2, -0.15) is 4.39 Å². The molecule has 0 bridgehead atoms. The van der Waals surface area contributed by atoms with Gasteiger partial charge in [0.15, 0.2) is 24.0 Å². The smallest absolute Gasteiger partial charge is 0.200 e. The van der Waals surface area contributed by atoms with Crippen molar-refractivity contribution in [3.8, 4) is 5.75 Å². The Balaban J connectivity index is 2.04. The predicted octanol–water partition coefficient (Wildman–Crippen LogP) is 3.53. The van der Waals surface area contributed by atoms with E-state index in [9.17, 15) is 13.6 Å². The van der Waals surface area contributed by atoms with Crippen LogP contribution in [0.2, 0.25) is 0 Å². The van der Waals surface area contributed by atoms with Crippen LogP contribution < -0.4 is 4.74 Å². The number of halogens is 2. The Morgan fingerprint density at radius 3 is 2.47 bits per heavy atom. The van der Waals surface area contributed by atoms with Crippen LogP contribution in [-0.2, 0) is 0 Å². The Hall–Kier alpha value is -2.23. The topological polar surface area (TPSA) is 26.3 Å². The van der Waals surface area contributed by atoms with Gasteiger partial charge >= 0.3 is 0 Å². The Morgan fingerprint density at radius 1 is 1.11 bits per heavy atom. The highest BCUT2D eigenvalue weighted by atomic mass is 19.2. The van der Waals surface area contributed by atoms with Gasteiger partial charge in [0.1, 0.15) is 0 Å². The lowest BCUT2D eigenvalue weighted by molar-refractivity contribution is 0.0918. The van der Waals surface area contributed by atoms with Crippen molar-refractivity contribution < 1.29 is 18.3 Å². The molecule has 0 N–H and O–H groups in total. The second kappa shape index (κ2) is 5.61. The van der Waals surface area contributed by atoms with E-state index in [2.05, 4.69) is 0 Å². The highest BCUT2D eigenvalue weighted by Crippen LogP contribution is 2.19. The lowest BCUT2D eigenvalue weighted by atomic mass is 10.1. The van der Waals surface area contributed by atoms with Crippen LogP contribution in [0, 0.1) is 18.6 Å². The molecule has 0 saturated heterocycles. The van der Waals surface area contributed by atoms with Crippen molar-refractivity contribution in [2.45, 2.75) is 6.92 Å². The molecule has 98 valence electrons. The summed E-state index contributed by atoms with van der Waals surface area (Å²) in [6, 6.07) is 10.5. The van der Waals surface area contributed by atoms with Crippen LogP contribution in [0.3, 0.4) is 0 Å². The molecule has 2 nitrogen and oxygen atoms in total. The van der Waals surface area contributed by atoms with Crippen molar-refractivity contribution in [3.05, 3.63) is 65.2 Å². The van der Waals surface area contributed by atoms with Gasteiger partial charge in [-0.25, -0.2) is 4.39 Å². The van der Waals surface area contributed by atoms with Gasteiger partial charge in [-0.1, -0.05) is 35.9 Å². The van der Waals surface area contributed by atoms with Gasteiger partial charge < -0.3 is 4.74 Å². The minimum absolute atomic E-state index is 0.263. The average Bonchev–Trinajstić information content (AvgIpc) is 2.41. The second-order valence-corrected chi connectivity index (χ2v) is 4.13. The molecule has 0 unspecified atom stereocenters. The molecule has 0 atom stereocenters. The van der Waals surface area contributed by atoms with E-state index >= 15 is 0 Å². The van der Waals surface area contributed by atoms with Crippen LogP contribution in [0.15, 0.2) is 42.5 Å². The maximum absolute atomic E-state index is 13.3. The summed E-state index contributed by atoms with van der Waals surface area (Å²) in [5.41, 5.74) is 1.51.